The second-order valence-electron chi connectivity index (χ2n) is 11.0. The lowest BCUT2D eigenvalue weighted by Crippen LogP contribution is -2.41. The minimum atomic E-state index is -4.11. The van der Waals surface area contributed by atoms with E-state index in [2.05, 4.69) is 0 Å². The van der Waals surface area contributed by atoms with Crippen molar-refractivity contribution in [2.75, 3.05) is 7.05 Å². The summed E-state index contributed by atoms with van der Waals surface area (Å²) in [5, 5.41) is 0. The molecule has 0 aromatic heterocycles. The van der Waals surface area contributed by atoms with Gasteiger partial charge in [-0.2, -0.15) is 0 Å². The van der Waals surface area contributed by atoms with E-state index in [9.17, 15) is 22.4 Å². The first-order valence-corrected chi connectivity index (χ1v) is 13.4. The van der Waals surface area contributed by atoms with Crippen LogP contribution in [0.25, 0.3) is 0 Å². The molecule has 0 atom stereocenters. The Bertz CT molecular complexity index is 1290. The molecule has 200 valence electrons. The van der Waals surface area contributed by atoms with Gasteiger partial charge in [-0.05, 0) is 83.8 Å². The van der Waals surface area contributed by atoms with Crippen molar-refractivity contribution in [3.8, 4) is 0 Å². The van der Waals surface area contributed by atoms with Crippen molar-refractivity contribution in [3.05, 3.63) is 65.0 Å². The van der Waals surface area contributed by atoms with Crippen LogP contribution in [0.2, 0.25) is 0 Å². The first kappa shape index (κ1) is 28.8. The van der Waals surface area contributed by atoms with E-state index >= 15 is 0 Å². The third kappa shape index (κ3) is 6.39. The van der Waals surface area contributed by atoms with Crippen LogP contribution >= 0.6 is 0 Å². The van der Waals surface area contributed by atoms with E-state index in [0.717, 1.165) is 7.05 Å². The van der Waals surface area contributed by atoms with Crippen LogP contribution in [0.3, 0.4) is 0 Å². The third-order valence-corrected chi connectivity index (χ3v) is 8.07. The number of ether oxygens (including phenoxy) is 1. The smallest absolute Gasteiger partial charge is 0.443 e. The Morgan fingerprint density at radius 3 is 2.05 bits per heavy atom. The number of ketones is 1. The van der Waals surface area contributed by atoms with Crippen LogP contribution in [0.1, 0.15) is 70.0 Å². The molecule has 0 spiro atoms. The maximum atomic E-state index is 13.4. The van der Waals surface area contributed by atoms with Gasteiger partial charge in [0, 0.05) is 18.2 Å². The standard InChI is InChI=1S/C26H33BFNO7S/c1-24(2,3)34-23(31)29(8)37(32,33)16-17-9-14-20(22(30)18-10-12-19(28)13-11-18)21(15-17)27-35-25(4,5)26(6,7)36-27/h9-15H,16H2,1-8H3. The zero-order valence-electron chi connectivity index (χ0n) is 22.4. The zero-order valence-corrected chi connectivity index (χ0v) is 23.2. The van der Waals surface area contributed by atoms with Crippen molar-refractivity contribution >= 4 is 34.5 Å². The molecule has 0 aliphatic carbocycles. The average Bonchev–Trinajstić information content (AvgIpc) is 2.98. The van der Waals surface area contributed by atoms with Gasteiger partial charge in [0.05, 0.1) is 17.0 Å². The number of halogens is 1. The maximum Gasteiger partial charge on any atom is 0.495 e. The predicted molar refractivity (Wildman–Crippen MR) is 139 cm³/mol. The Labute approximate surface area is 218 Å². The van der Waals surface area contributed by atoms with Gasteiger partial charge in [0.2, 0.25) is 10.0 Å². The molecule has 1 fully saturated rings. The maximum absolute atomic E-state index is 13.4. The summed E-state index contributed by atoms with van der Waals surface area (Å²) in [6.07, 6.45) is -0.998. The van der Waals surface area contributed by atoms with E-state index in [-0.39, 0.29) is 11.1 Å². The van der Waals surface area contributed by atoms with Gasteiger partial charge in [0.15, 0.2) is 5.78 Å². The molecule has 2 aromatic carbocycles. The van der Waals surface area contributed by atoms with Gasteiger partial charge >= 0.3 is 13.2 Å². The molecule has 8 nitrogen and oxygen atoms in total. The third-order valence-electron chi connectivity index (χ3n) is 6.39. The fraction of sp³-hybridized carbons (Fsp3) is 0.462. The number of sulfonamides is 1. The number of carbonyl (C=O) groups excluding carboxylic acids is 2. The van der Waals surface area contributed by atoms with Gasteiger partial charge in [-0.1, -0.05) is 18.2 Å². The highest BCUT2D eigenvalue weighted by atomic mass is 32.2. The molecule has 0 unspecified atom stereocenters. The molecule has 1 aliphatic rings. The van der Waals surface area contributed by atoms with Crippen molar-refractivity contribution < 1.29 is 36.4 Å². The van der Waals surface area contributed by atoms with E-state index < -0.39 is 57.4 Å². The van der Waals surface area contributed by atoms with Gasteiger partial charge in [0.1, 0.15) is 11.4 Å². The van der Waals surface area contributed by atoms with Gasteiger partial charge in [-0.25, -0.2) is 21.9 Å². The summed E-state index contributed by atoms with van der Waals surface area (Å²) in [4.78, 5) is 25.7. The normalized spacial score (nSPS) is 16.9. The molecule has 2 aromatic rings. The monoisotopic (exact) mass is 533 g/mol. The predicted octanol–water partition coefficient (Wildman–Crippen LogP) is 4.05. The molecule has 1 saturated heterocycles. The summed E-state index contributed by atoms with van der Waals surface area (Å²) >= 11 is 0. The Morgan fingerprint density at radius 1 is 1.00 bits per heavy atom. The van der Waals surface area contributed by atoms with Crippen molar-refractivity contribution in [2.45, 2.75) is 71.0 Å². The van der Waals surface area contributed by atoms with E-state index in [0.29, 0.717) is 15.3 Å². The second-order valence-corrected chi connectivity index (χ2v) is 13.1. The second kappa shape index (κ2) is 9.85. The van der Waals surface area contributed by atoms with Crippen molar-refractivity contribution in [2.24, 2.45) is 0 Å². The van der Waals surface area contributed by atoms with E-state index in [4.69, 9.17) is 14.0 Å². The average molecular weight is 533 g/mol. The first-order valence-electron chi connectivity index (χ1n) is 11.8. The minimum Gasteiger partial charge on any atom is -0.443 e. The lowest BCUT2D eigenvalue weighted by molar-refractivity contribution is 0.00578. The number of hydrogen-bond donors (Lipinski definition) is 0. The van der Waals surface area contributed by atoms with Crippen molar-refractivity contribution in [1.29, 1.82) is 0 Å². The van der Waals surface area contributed by atoms with Gasteiger partial charge in [-0.3, -0.25) is 4.79 Å². The molecule has 1 heterocycles. The van der Waals surface area contributed by atoms with Crippen LogP contribution in [0.15, 0.2) is 42.5 Å². The number of amides is 1. The molecule has 1 aliphatic heterocycles. The van der Waals surface area contributed by atoms with E-state index in [1.165, 1.54) is 42.5 Å². The highest BCUT2D eigenvalue weighted by molar-refractivity contribution is 7.88. The first-order chi connectivity index (χ1) is 16.8. The number of hydrogen-bond acceptors (Lipinski definition) is 7. The summed E-state index contributed by atoms with van der Waals surface area (Å²) < 4.78 is 57.5. The van der Waals surface area contributed by atoms with Crippen LogP contribution in [-0.2, 0) is 29.8 Å². The lowest BCUT2D eigenvalue weighted by Gasteiger charge is -2.32. The fourth-order valence-corrected chi connectivity index (χ4v) is 4.64. The lowest BCUT2D eigenvalue weighted by atomic mass is 9.73. The molecule has 0 bridgehead atoms. The van der Waals surface area contributed by atoms with Crippen LogP contribution in [0, 0.1) is 5.82 Å². The summed E-state index contributed by atoms with van der Waals surface area (Å²) in [6, 6.07) is 9.64. The highest BCUT2D eigenvalue weighted by Crippen LogP contribution is 2.37. The summed E-state index contributed by atoms with van der Waals surface area (Å²) in [7, 11) is -3.94. The molecule has 3 rings (SSSR count). The van der Waals surface area contributed by atoms with Crippen molar-refractivity contribution in [3.63, 3.8) is 0 Å². The number of carbonyl (C=O) groups is 2. The quantitative estimate of drug-likeness (QED) is 0.408. The zero-order chi connectivity index (χ0) is 28.0. The van der Waals surface area contributed by atoms with Crippen molar-refractivity contribution in [1.82, 2.24) is 4.31 Å². The molecular formula is C26H33BFNO7S. The fourth-order valence-electron chi connectivity index (χ4n) is 3.58. The van der Waals surface area contributed by atoms with Crippen LogP contribution in [-0.4, -0.2) is 55.6 Å². The molecule has 11 heteroatoms. The van der Waals surface area contributed by atoms with Gasteiger partial charge < -0.3 is 14.0 Å². The Kier molecular flexibility index (Phi) is 7.67. The molecular weight excluding hydrogens is 500 g/mol. The number of rotatable bonds is 6. The summed E-state index contributed by atoms with van der Waals surface area (Å²) in [5.41, 5.74) is -1.17. The molecule has 0 N–H and O–H groups in total. The van der Waals surface area contributed by atoms with E-state index in [1.54, 1.807) is 20.8 Å². The molecule has 0 radical (unpaired) electrons. The van der Waals surface area contributed by atoms with Crippen LogP contribution < -0.4 is 5.46 Å². The van der Waals surface area contributed by atoms with Gasteiger partial charge in [-0.15, -0.1) is 0 Å². The Balaban J connectivity index is 2.01. The number of nitrogens with zero attached hydrogens (tertiary/aromatic N) is 1. The van der Waals surface area contributed by atoms with E-state index in [1.807, 2.05) is 27.7 Å². The van der Waals surface area contributed by atoms with Gasteiger partial charge in [0.25, 0.3) is 0 Å². The van der Waals surface area contributed by atoms with Crippen LogP contribution in [0.5, 0.6) is 0 Å². The highest BCUT2D eigenvalue weighted by Gasteiger charge is 2.52. The topological polar surface area (TPSA) is 99.2 Å². The Hall–Kier alpha value is -2.76. The Morgan fingerprint density at radius 2 is 1.54 bits per heavy atom. The summed E-state index contributed by atoms with van der Waals surface area (Å²) in [5.74, 6) is -1.40. The van der Waals surface area contributed by atoms with Crippen LogP contribution in [0.4, 0.5) is 9.18 Å². The molecule has 0 saturated carbocycles. The molecule has 37 heavy (non-hydrogen) atoms. The SMILES string of the molecule is CN(C(=O)OC(C)(C)C)S(=O)(=O)Cc1ccc(C(=O)c2ccc(F)cc2)c(B2OC(C)(C)C(C)(C)O2)c1. The molecule has 1 amide bonds. The minimum absolute atomic E-state index is 0.228. The number of benzene rings is 2. The summed E-state index contributed by atoms with van der Waals surface area (Å²) in [6.45, 7) is 12.4. The largest absolute Gasteiger partial charge is 0.495 e.